The minimum Gasteiger partial charge on any atom is -0.394 e. The van der Waals surface area contributed by atoms with Gasteiger partial charge in [-0.2, -0.15) is 0 Å². The number of rotatable bonds is 69. The predicted molar refractivity (Wildman–Crippen MR) is 420 cm³/mol. The molecule has 0 aromatic rings. The maximum absolute atomic E-state index is 13.5. The number of nitrogens with one attached hydrogen (secondary N) is 1. The van der Waals surface area contributed by atoms with Crippen molar-refractivity contribution in [2.24, 2.45) is 0 Å². The highest BCUT2D eigenvalue weighted by molar-refractivity contribution is 5.76. The van der Waals surface area contributed by atoms with Gasteiger partial charge in [0.15, 0.2) is 18.9 Å². The fraction of sp³-hybridized carbons (Fsp3) is 0.872. The molecule has 3 fully saturated rings. The molecular formula is C86H157NO18. The molecule has 0 aromatic heterocycles. The Labute approximate surface area is 636 Å². The number of hydrogen-bond donors (Lipinski definition) is 12. The van der Waals surface area contributed by atoms with E-state index in [1.807, 2.05) is 6.08 Å². The Balaban J connectivity index is 1.33. The highest BCUT2D eigenvalue weighted by atomic mass is 16.8. The molecular weight excluding hydrogens is 1330 g/mol. The van der Waals surface area contributed by atoms with Crippen molar-refractivity contribution in [3.05, 3.63) is 60.8 Å². The second kappa shape index (κ2) is 66.1. The molecule has 0 bridgehead atoms. The summed E-state index contributed by atoms with van der Waals surface area (Å²) in [5, 5.41) is 121. The van der Waals surface area contributed by atoms with Gasteiger partial charge in [0.1, 0.15) is 73.2 Å². The summed E-state index contributed by atoms with van der Waals surface area (Å²) >= 11 is 0. The number of hydrogen-bond acceptors (Lipinski definition) is 18. The molecule has 0 radical (unpaired) electrons. The predicted octanol–water partition coefficient (Wildman–Crippen LogP) is 15.4. The van der Waals surface area contributed by atoms with Crippen molar-refractivity contribution < 1.29 is 89.4 Å². The molecule has 105 heavy (non-hydrogen) atoms. The van der Waals surface area contributed by atoms with Crippen molar-refractivity contribution in [3.63, 3.8) is 0 Å². The van der Waals surface area contributed by atoms with Crippen LogP contribution < -0.4 is 5.32 Å². The van der Waals surface area contributed by atoms with Gasteiger partial charge in [-0.1, -0.05) is 325 Å². The fourth-order valence-corrected chi connectivity index (χ4v) is 14.4. The number of allylic oxidation sites excluding steroid dienone is 9. The van der Waals surface area contributed by atoms with E-state index in [2.05, 4.69) is 67.8 Å². The number of amides is 1. The van der Waals surface area contributed by atoms with Gasteiger partial charge >= 0.3 is 0 Å². The molecule has 17 atom stereocenters. The van der Waals surface area contributed by atoms with Gasteiger partial charge in [-0.05, 0) is 77.0 Å². The van der Waals surface area contributed by atoms with Gasteiger partial charge in [-0.25, -0.2) is 0 Å². The average molecular weight is 1490 g/mol. The van der Waals surface area contributed by atoms with E-state index in [0.29, 0.717) is 12.8 Å². The zero-order valence-electron chi connectivity index (χ0n) is 66.0. The van der Waals surface area contributed by atoms with Crippen molar-refractivity contribution in [1.82, 2.24) is 5.32 Å². The van der Waals surface area contributed by atoms with E-state index in [0.717, 1.165) is 51.4 Å². The lowest BCUT2D eigenvalue weighted by molar-refractivity contribution is -0.379. The number of aliphatic hydroxyl groups is 11. The number of ether oxygens (including phenoxy) is 6. The zero-order chi connectivity index (χ0) is 76.0. The van der Waals surface area contributed by atoms with Crippen LogP contribution >= 0.6 is 0 Å². The molecule has 19 nitrogen and oxygen atoms in total. The molecule has 1 amide bonds. The van der Waals surface area contributed by atoms with Crippen LogP contribution in [-0.2, 0) is 33.2 Å². The largest absolute Gasteiger partial charge is 0.394 e. The summed E-state index contributed by atoms with van der Waals surface area (Å²) in [6.07, 6.45) is 59.5. The van der Waals surface area contributed by atoms with E-state index in [9.17, 15) is 61.0 Å². The molecule has 3 aliphatic rings. The summed E-state index contributed by atoms with van der Waals surface area (Å²) < 4.78 is 34.5. The molecule has 19 heteroatoms. The zero-order valence-corrected chi connectivity index (χ0v) is 66.0. The highest BCUT2D eigenvalue weighted by Crippen LogP contribution is 2.33. The Kier molecular flexibility index (Phi) is 60.9. The topological polar surface area (TPSA) is 307 Å². The maximum Gasteiger partial charge on any atom is 0.220 e. The van der Waals surface area contributed by atoms with Crippen molar-refractivity contribution in [2.45, 2.75) is 452 Å². The van der Waals surface area contributed by atoms with E-state index in [1.165, 1.54) is 263 Å². The monoisotopic (exact) mass is 1490 g/mol. The highest BCUT2D eigenvalue weighted by Gasteiger charge is 2.54. The summed E-state index contributed by atoms with van der Waals surface area (Å²) in [6, 6.07) is -0.998. The van der Waals surface area contributed by atoms with Crippen molar-refractivity contribution in [3.8, 4) is 0 Å². The van der Waals surface area contributed by atoms with Crippen LogP contribution in [0.15, 0.2) is 60.8 Å². The number of carbonyl (C=O) groups excluding carboxylic acids is 1. The molecule has 17 unspecified atom stereocenters. The number of unbranched alkanes of at least 4 members (excludes halogenated alkanes) is 45. The second-order valence-corrected chi connectivity index (χ2v) is 30.6. The van der Waals surface area contributed by atoms with Crippen LogP contribution in [0, 0.1) is 0 Å². The molecule has 614 valence electrons. The minimum atomic E-state index is -1.98. The van der Waals surface area contributed by atoms with Gasteiger partial charge in [0.05, 0.1) is 38.6 Å². The molecule has 0 aromatic carbocycles. The van der Waals surface area contributed by atoms with Crippen molar-refractivity contribution in [2.75, 3.05) is 26.4 Å². The SMILES string of the molecule is CCCCCCC/C=C\C/C=C\CCCCCCCCCCCCCCCCCCCCCCCCCCCC(=O)NC(COC1OC(CO)C(OC2OC(CO)C(OC3OC(CO)C(O)C(O)C3O)C(O)C2O)C(O)C1O)C(O)/C=C/CC/C=C/CC/C=C/CCCCCCCCCCCCCCC. The molecule has 3 aliphatic heterocycles. The summed E-state index contributed by atoms with van der Waals surface area (Å²) in [5.41, 5.74) is 0. The Bertz CT molecular complexity index is 2130. The lowest BCUT2D eigenvalue weighted by atomic mass is 9.96. The van der Waals surface area contributed by atoms with Crippen LogP contribution in [0.4, 0.5) is 0 Å². The molecule has 3 heterocycles. The van der Waals surface area contributed by atoms with E-state index in [1.54, 1.807) is 6.08 Å². The third kappa shape index (κ3) is 45.6. The first-order chi connectivity index (χ1) is 51.3. The number of carbonyl (C=O) groups is 1. The second-order valence-electron chi connectivity index (χ2n) is 30.6. The average Bonchev–Trinajstić information content (AvgIpc) is 0.779. The summed E-state index contributed by atoms with van der Waals surface area (Å²) in [5.74, 6) is -0.284. The normalized spacial score (nSPS) is 26.0. The molecule has 12 N–H and O–H groups in total. The lowest BCUT2D eigenvalue weighted by Gasteiger charge is -2.48. The molecule has 3 saturated heterocycles. The third-order valence-electron chi connectivity index (χ3n) is 21.3. The summed E-state index contributed by atoms with van der Waals surface area (Å²) in [4.78, 5) is 13.5. The van der Waals surface area contributed by atoms with Gasteiger partial charge in [0.25, 0.3) is 0 Å². The van der Waals surface area contributed by atoms with Gasteiger partial charge in [0, 0.05) is 6.42 Å². The maximum atomic E-state index is 13.5. The molecule has 0 spiro atoms. The van der Waals surface area contributed by atoms with Crippen LogP contribution in [0.5, 0.6) is 0 Å². The molecule has 0 aliphatic carbocycles. The fourth-order valence-electron chi connectivity index (χ4n) is 14.4. The first-order valence-electron chi connectivity index (χ1n) is 43.0. The van der Waals surface area contributed by atoms with Crippen LogP contribution in [0.1, 0.15) is 348 Å². The number of aliphatic hydroxyl groups excluding tert-OH is 11. The van der Waals surface area contributed by atoms with Crippen LogP contribution in [-0.4, -0.2) is 193 Å². The smallest absolute Gasteiger partial charge is 0.220 e. The van der Waals surface area contributed by atoms with Crippen LogP contribution in [0.25, 0.3) is 0 Å². The van der Waals surface area contributed by atoms with E-state index >= 15 is 0 Å². The molecule has 3 rings (SSSR count). The van der Waals surface area contributed by atoms with Crippen molar-refractivity contribution in [1.29, 1.82) is 0 Å². The Hall–Kier alpha value is -2.51. The lowest BCUT2D eigenvalue weighted by Crippen LogP contribution is -2.66. The third-order valence-corrected chi connectivity index (χ3v) is 21.3. The van der Waals surface area contributed by atoms with Gasteiger partial charge in [-0.15, -0.1) is 0 Å². The van der Waals surface area contributed by atoms with E-state index in [-0.39, 0.29) is 18.9 Å². The van der Waals surface area contributed by atoms with Gasteiger partial charge < -0.3 is 89.9 Å². The van der Waals surface area contributed by atoms with E-state index < -0.39 is 124 Å². The summed E-state index contributed by atoms with van der Waals surface area (Å²) in [6.45, 7) is 1.74. The standard InChI is InChI=1S/C86H157NO18/c1-3-5-7-9-11-13-15-17-19-21-23-25-27-28-29-30-31-32-33-34-35-36-37-38-39-40-42-44-46-48-50-52-54-56-58-60-62-64-74(92)87-69(70(91)63-61-59-57-55-53-51-49-47-45-43-41-26-24-22-20-18-16-14-12-10-8-6-4-2)68-100-84-80(98)77(95)82(72(66-89)102-84)105-86-81(99)78(96)83(73(67-90)103-86)104-85-79(97)76(94)75(93)71(65-88)101-85/h15,17,21,23,45,47,53,55,61,63,69-73,75-86,88-91,93-99H,3-14,16,18-20,22,24-44,46,48-52,54,56-60,62,64-68H2,1-2H3,(H,87,92)/b17-15-,23-21-,47-45+,55-53+,63-61+. The first kappa shape index (κ1) is 96.7. The van der Waals surface area contributed by atoms with Crippen LogP contribution in [0.3, 0.4) is 0 Å². The quantitative estimate of drug-likeness (QED) is 0.0199. The summed E-state index contributed by atoms with van der Waals surface area (Å²) in [7, 11) is 0. The minimum absolute atomic E-state index is 0.234. The molecule has 0 saturated carbocycles. The van der Waals surface area contributed by atoms with Crippen LogP contribution in [0.2, 0.25) is 0 Å². The Morgan fingerprint density at radius 1 is 0.343 bits per heavy atom. The van der Waals surface area contributed by atoms with Gasteiger partial charge in [0.2, 0.25) is 5.91 Å². The van der Waals surface area contributed by atoms with Crippen molar-refractivity contribution >= 4 is 5.91 Å². The van der Waals surface area contributed by atoms with E-state index in [4.69, 9.17) is 28.4 Å². The van der Waals surface area contributed by atoms with Gasteiger partial charge in [-0.3, -0.25) is 4.79 Å². The Morgan fingerprint density at radius 2 is 0.638 bits per heavy atom. The Morgan fingerprint density at radius 3 is 1.01 bits per heavy atom. The first-order valence-corrected chi connectivity index (χ1v) is 43.0.